The fourth-order valence-electron chi connectivity index (χ4n) is 5.85. The number of nitrogens with one attached hydrogen (secondary N) is 1. The fourth-order valence-corrected chi connectivity index (χ4v) is 8.11. The lowest BCUT2D eigenvalue weighted by Crippen LogP contribution is -2.38. The Balaban J connectivity index is 1.08. The summed E-state index contributed by atoms with van der Waals surface area (Å²) >= 11 is 3.43. The lowest BCUT2D eigenvalue weighted by molar-refractivity contribution is -0.268. The summed E-state index contributed by atoms with van der Waals surface area (Å²) in [5, 5.41) is 12.6. The molecule has 1 saturated heterocycles. The van der Waals surface area contributed by atoms with E-state index in [-0.39, 0.29) is 30.6 Å². The van der Waals surface area contributed by atoms with Gasteiger partial charge in [0, 0.05) is 36.2 Å². The van der Waals surface area contributed by atoms with Gasteiger partial charge in [0.15, 0.2) is 10.6 Å². The van der Waals surface area contributed by atoms with Crippen molar-refractivity contribution < 1.29 is 19.4 Å². The van der Waals surface area contributed by atoms with Crippen molar-refractivity contribution in [2.45, 2.75) is 42.9 Å². The highest BCUT2D eigenvalue weighted by Crippen LogP contribution is 2.43. The molecule has 2 N–H and O–H groups in total. The van der Waals surface area contributed by atoms with Gasteiger partial charge < -0.3 is 19.9 Å². The van der Waals surface area contributed by atoms with E-state index in [2.05, 4.69) is 59.7 Å². The Morgan fingerprint density at radius 1 is 0.875 bits per heavy atom. The molecule has 2 aromatic heterocycles. The smallest absolute Gasteiger partial charge is 0.253 e. The predicted molar refractivity (Wildman–Crippen MR) is 191 cm³/mol. The Morgan fingerprint density at radius 3 is 2.46 bits per heavy atom. The third-order valence-electron chi connectivity index (χ3n) is 8.59. The van der Waals surface area contributed by atoms with Gasteiger partial charge in [-0.2, -0.15) is 0 Å². The highest BCUT2D eigenvalue weighted by atomic mass is 32.2. The first-order valence-corrected chi connectivity index (χ1v) is 17.7. The minimum Gasteiger partial charge on any atom is -0.392 e. The van der Waals surface area contributed by atoms with E-state index in [4.69, 9.17) is 14.5 Å². The molecule has 7 rings (SSSR count). The van der Waals surface area contributed by atoms with Gasteiger partial charge >= 0.3 is 0 Å². The van der Waals surface area contributed by atoms with E-state index < -0.39 is 6.29 Å². The molecule has 3 heterocycles. The molecule has 0 aliphatic carbocycles. The Bertz CT molecular complexity index is 1950. The monoisotopic (exact) mass is 673 g/mol. The van der Waals surface area contributed by atoms with Gasteiger partial charge in [0.05, 0.1) is 34.6 Å². The molecular weight excluding hydrogens is 639 g/mol. The molecule has 0 unspecified atom stereocenters. The first kappa shape index (κ1) is 32.2. The van der Waals surface area contributed by atoms with Gasteiger partial charge in [-0.1, -0.05) is 97.5 Å². The van der Waals surface area contributed by atoms with Gasteiger partial charge in [-0.25, -0.2) is 4.98 Å². The average Bonchev–Trinajstić information content (AvgIpc) is 3.57. The van der Waals surface area contributed by atoms with Crippen LogP contribution in [0.5, 0.6) is 0 Å². The number of hydrogen-bond donors (Lipinski definition) is 2. The molecule has 7 nitrogen and oxygen atoms in total. The molecule has 242 valence electrons. The van der Waals surface area contributed by atoms with Crippen LogP contribution in [0.15, 0.2) is 126 Å². The molecule has 6 aromatic rings. The molecule has 4 aromatic carbocycles. The summed E-state index contributed by atoms with van der Waals surface area (Å²) in [4.78, 5) is 21.4. The number of thiazole rings is 1. The van der Waals surface area contributed by atoms with Gasteiger partial charge in [0.25, 0.3) is 5.91 Å². The van der Waals surface area contributed by atoms with Gasteiger partial charge in [-0.15, -0.1) is 11.3 Å². The minimum atomic E-state index is -0.548. The second-order valence-electron chi connectivity index (χ2n) is 11.8. The number of thioether (sulfide) groups is 1. The maximum absolute atomic E-state index is 12.5. The fraction of sp³-hybridized carbons (Fsp3) is 0.205. The maximum Gasteiger partial charge on any atom is 0.253 e. The van der Waals surface area contributed by atoms with E-state index in [1.54, 1.807) is 47.6 Å². The minimum absolute atomic E-state index is 0.00379. The lowest BCUT2D eigenvalue weighted by atomic mass is 9.91. The number of aromatic nitrogens is 2. The number of fused-ring (bicyclic) bond motifs is 1. The summed E-state index contributed by atoms with van der Waals surface area (Å²) in [6.45, 7) is 2.60. The Labute approximate surface area is 288 Å². The highest BCUT2D eigenvalue weighted by Gasteiger charge is 2.38. The van der Waals surface area contributed by atoms with Crippen molar-refractivity contribution in [1.82, 2.24) is 15.3 Å². The van der Waals surface area contributed by atoms with Crippen molar-refractivity contribution in [3.63, 3.8) is 0 Å². The summed E-state index contributed by atoms with van der Waals surface area (Å²) in [5.41, 5.74) is 7.55. The molecule has 0 radical (unpaired) electrons. The number of nitrogens with zero attached hydrogens (tertiary/aromatic N) is 2. The van der Waals surface area contributed by atoms with Crippen molar-refractivity contribution in [3.05, 3.63) is 149 Å². The van der Waals surface area contributed by atoms with Crippen molar-refractivity contribution in [3.8, 4) is 11.1 Å². The zero-order valence-corrected chi connectivity index (χ0v) is 28.0. The molecular formula is C39H35N3O4S2. The van der Waals surface area contributed by atoms with Crippen molar-refractivity contribution in [2.24, 2.45) is 5.92 Å². The van der Waals surface area contributed by atoms with Gasteiger partial charge in [-0.05, 0) is 58.1 Å². The van der Waals surface area contributed by atoms with Crippen LogP contribution in [0.3, 0.4) is 0 Å². The number of amides is 1. The number of rotatable bonds is 10. The molecule has 0 bridgehead atoms. The van der Waals surface area contributed by atoms with Crippen molar-refractivity contribution >= 4 is 39.2 Å². The summed E-state index contributed by atoms with van der Waals surface area (Å²) in [5.74, 6) is 0.678. The quantitative estimate of drug-likeness (QED) is 0.141. The highest BCUT2D eigenvalue weighted by molar-refractivity contribution is 8.01. The van der Waals surface area contributed by atoms with Crippen molar-refractivity contribution in [1.29, 1.82) is 0 Å². The summed E-state index contributed by atoms with van der Waals surface area (Å²) in [7, 11) is 0. The second-order valence-corrected chi connectivity index (χ2v) is 14.1. The Kier molecular flexibility index (Phi) is 9.92. The number of carbonyl (C=O) groups is 1. The molecule has 1 aliphatic rings. The van der Waals surface area contributed by atoms with E-state index in [0.29, 0.717) is 12.1 Å². The third kappa shape index (κ3) is 7.36. The van der Waals surface area contributed by atoms with Crippen LogP contribution >= 0.6 is 23.1 Å². The number of aliphatic hydroxyl groups excluding tert-OH is 1. The number of pyridine rings is 1. The third-order valence-corrected chi connectivity index (χ3v) is 10.9. The van der Waals surface area contributed by atoms with Gasteiger partial charge in [0.1, 0.15) is 0 Å². The molecule has 0 spiro atoms. The van der Waals surface area contributed by atoms with E-state index in [9.17, 15) is 9.90 Å². The number of aliphatic hydroxyl groups is 1. The second kappa shape index (κ2) is 14.8. The predicted octanol–water partition coefficient (Wildman–Crippen LogP) is 8.36. The SMILES string of the molecule is C[C@@H]1[C@H](CSc2nc3ccccc3s2)O[C@H](c2ccc(-c3cccc(CNC(=O)c4cccnc4)c3)cc2)O[C@@H]1c1ccc(CO)cc1. The van der Waals surface area contributed by atoms with Crippen LogP contribution in [0.25, 0.3) is 21.3 Å². The summed E-state index contributed by atoms with van der Waals surface area (Å²) in [6.07, 6.45) is 2.40. The number of para-hydroxylation sites is 1. The number of hydrogen-bond acceptors (Lipinski definition) is 8. The van der Waals surface area contributed by atoms with Crippen LogP contribution in [0.4, 0.5) is 0 Å². The first-order valence-electron chi connectivity index (χ1n) is 15.9. The normalized spacial score (nSPS) is 19.3. The van der Waals surface area contributed by atoms with Crippen molar-refractivity contribution in [2.75, 3.05) is 5.75 Å². The van der Waals surface area contributed by atoms with Crippen LogP contribution < -0.4 is 5.32 Å². The molecule has 1 aliphatic heterocycles. The van der Waals surface area contributed by atoms with Crippen LogP contribution in [0.2, 0.25) is 0 Å². The average molecular weight is 674 g/mol. The number of carbonyl (C=O) groups excluding carboxylic acids is 1. The molecule has 0 saturated carbocycles. The van der Waals surface area contributed by atoms with Crippen LogP contribution in [0, 0.1) is 5.92 Å². The van der Waals surface area contributed by atoms with Crippen LogP contribution in [0.1, 0.15) is 51.9 Å². The number of benzene rings is 4. The zero-order chi connectivity index (χ0) is 32.9. The lowest BCUT2D eigenvalue weighted by Gasteiger charge is -2.41. The molecule has 1 amide bonds. The largest absolute Gasteiger partial charge is 0.392 e. The van der Waals surface area contributed by atoms with E-state index in [1.165, 1.54) is 4.70 Å². The molecule has 1 fully saturated rings. The Hall–Kier alpha value is -4.38. The maximum atomic E-state index is 12.5. The van der Waals surface area contributed by atoms with E-state index in [0.717, 1.165) is 49.0 Å². The molecule has 9 heteroatoms. The summed E-state index contributed by atoms with van der Waals surface area (Å²) < 4.78 is 15.6. The van der Waals surface area contributed by atoms with E-state index >= 15 is 0 Å². The van der Waals surface area contributed by atoms with Gasteiger partial charge in [-0.3, -0.25) is 9.78 Å². The molecule has 4 atom stereocenters. The Morgan fingerprint density at radius 2 is 1.69 bits per heavy atom. The van der Waals surface area contributed by atoms with E-state index in [1.807, 2.05) is 54.6 Å². The zero-order valence-electron chi connectivity index (χ0n) is 26.4. The van der Waals surface area contributed by atoms with Crippen LogP contribution in [-0.4, -0.2) is 32.8 Å². The van der Waals surface area contributed by atoms with Crippen LogP contribution in [-0.2, 0) is 22.6 Å². The van der Waals surface area contributed by atoms with Gasteiger partial charge in [0.2, 0.25) is 0 Å². The summed E-state index contributed by atoms with van der Waals surface area (Å²) in [6, 6.07) is 36.2. The first-order chi connectivity index (χ1) is 23.5. The standard InChI is InChI=1S/C39H35N3O4S2/c1-25-34(24-47-39-42-33-9-2-3-10-35(33)48-39)45-38(46-36(25)29-13-11-26(23-43)12-14-29)30-17-15-28(16-18-30)31-7-4-6-27(20-31)21-41-37(44)32-8-5-19-40-22-32/h2-20,22,25,34,36,38,43H,21,23-24H2,1H3,(H,41,44)/t25-,34+,36+,38+/m1/s1. The number of ether oxygens (including phenoxy) is 2. The molecule has 48 heavy (non-hydrogen) atoms. The topological polar surface area (TPSA) is 93.6 Å².